The molecular formula is C16H17N3O2. The van der Waals surface area contributed by atoms with E-state index in [0.717, 1.165) is 5.69 Å². The van der Waals surface area contributed by atoms with Gasteiger partial charge < -0.3 is 15.2 Å². The average Bonchev–Trinajstić information content (AvgIpc) is 3.09. The molecule has 1 aromatic heterocycles. The summed E-state index contributed by atoms with van der Waals surface area (Å²) in [5, 5.41) is 2.80. The Bertz CT molecular complexity index is 637. The molecule has 1 saturated heterocycles. The van der Waals surface area contributed by atoms with Gasteiger partial charge >= 0.3 is 0 Å². The second kappa shape index (κ2) is 5.44. The van der Waals surface area contributed by atoms with Crippen LogP contribution in [-0.4, -0.2) is 28.9 Å². The van der Waals surface area contributed by atoms with Crippen LogP contribution in [0.1, 0.15) is 23.8 Å². The smallest absolute Gasteiger partial charge is 0.268 e. The largest absolute Gasteiger partial charge is 0.357 e. The lowest BCUT2D eigenvalue weighted by atomic mass is 10.2. The summed E-state index contributed by atoms with van der Waals surface area (Å²) >= 11 is 0. The molecule has 1 fully saturated rings. The Labute approximate surface area is 123 Å². The quantitative estimate of drug-likeness (QED) is 0.904. The van der Waals surface area contributed by atoms with Crippen molar-refractivity contribution in [3.05, 3.63) is 54.4 Å². The fourth-order valence-electron chi connectivity index (χ4n) is 2.73. The number of amides is 2. The third-order valence-electron chi connectivity index (χ3n) is 3.74. The van der Waals surface area contributed by atoms with Crippen LogP contribution in [0.15, 0.2) is 48.7 Å². The molecule has 2 N–H and O–H groups in total. The van der Waals surface area contributed by atoms with Gasteiger partial charge in [0.05, 0.1) is 0 Å². The van der Waals surface area contributed by atoms with Crippen molar-refractivity contribution in [2.75, 3.05) is 4.90 Å². The lowest BCUT2D eigenvalue weighted by Gasteiger charge is -2.21. The molecule has 5 nitrogen and oxygen atoms in total. The van der Waals surface area contributed by atoms with Crippen LogP contribution in [-0.2, 0) is 4.79 Å². The number of benzene rings is 1. The van der Waals surface area contributed by atoms with Crippen molar-refractivity contribution in [3.8, 4) is 0 Å². The summed E-state index contributed by atoms with van der Waals surface area (Å²) in [5.74, 6) is -0.311. The van der Waals surface area contributed by atoms with Gasteiger partial charge in [0.2, 0.25) is 5.91 Å². The number of para-hydroxylation sites is 1. The van der Waals surface area contributed by atoms with E-state index >= 15 is 0 Å². The normalized spacial score (nSPS) is 21.6. The van der Waals surface area contributed by atoms with Gasteiger partial charge in [0.15, 0.2) is 0 Å². The topological polar surface area (TPSA) is 65.2 Å². The Morgan fingerprint density at radius 2 is 2.00 bits per heavy atom. The molecule has 0 unspecified atom stereocenters. The van der Waals surface area contributed by atoms with E-state index in [0.29, 0.717) is 12.1 Å². The molecule has 0 radical (unpaired) electrons. The van der Waals surface area contributed by atoms with Crippen molar-refractivity contribution in [1.29, 1.82) is 0 Å². The molecule has 1 aromatic carbocycles. The van der Waals surface area contributed by atoms with E-state index in [4.69, 9.17) is 0 Å². The van der Waals surface area contributed by atoms with Crippen LogP contribution in [0.5, 0.6) is 0 Å². The van der Waals surface area contributed by atoms with Crippen molar-refractivity contribution in [1.82, 2.24) is 10.3 Å². The maximum absolute atomic E-state index is 12.5. The SMILES string of the molecule is C[C@H]1C[C@@H](NC(=O)c2ccc[nH]2)C(=O)N1c1ccccc1. The molecule has 2 atom stereocenters. The zero-order valence-corrected chi connectivity index (χ0v) is 11.7. The van der Waals surface area contributed by atoms with Crippen molar-refractivity contribution in [2.24, 2.45) is 0 Å². The molecule has 0 saturated carbocycles. The standard InChI is InChI=1S/C16H17N3O2/c1-11-10-14(18-15(20)13-8-5-9-17-13)16(21)19(11)12-6-3-2-4-7-12/h2-9,11,14,17H,10H2,1H3,(H,18,20)/t11-,14+/m0/s1. The fraction of sp³-hybridized carbons (Fsp3) is 0.250. The van der Waals surface area contributed by atoms with Crippen molar-refractivity contribution in [3.63, 3.8) is 0 Å². The van der Waals surface area contributed by atoms with Crippen molar-refractivity contribution >= 4 is 17.5 Å². The van der Waals surface area contributed by atoms with Gasteiger partial charge in [-0.1, -0.05) is 18.2 Å². The molecule has 0 aliphatic carbocycles. The lowest BCUT2D eigenvalue weighted by Crippen LogP contribution is -2.42. The molecule has 1 aliphatic rings. The Kier molecular flexibility index (Phi) is 3.48. The van der Waals surface area contributed by atoms with Gasteiger partial charge in [-0.2, -0.15) is 0 Å². The number of hydrogen-bond donors (Lipinski definition) is 2. The second-order valence-electron chi connectivity index (χ2n) is 5.24. The van der Waals surface area contributed by atoms with E-state index in [1.165, 1.54) is 0 Å². The molecule has 2 heterocycles. The number of hydrogen-bond acceptors (Lipinski definition) is 2. The number of aromatic amines is 1. The summed E-state index contributed by atoms with van der Waals surface area (Å²) in [6, 6.07) is 12.6. The predicted molar refractivity (Wildman–Crippen MR) is 80.1 cm³/mol. The molecule has 21 heavy (non-hydrogen) atoms. The van der Waals surface area contributed by atoms with E-state index in [1.807, 2.05) is 37.3 Å². The van der Waals surface area contributed by atoms with E-state index in [2.05, 4.69) is 10.3 Å². The van der Waals surface area contributed by atoms with Gasteiger partial charge in [-0.05, 0) is 37.6 Å². The molecule has 108 valence electrons. The number of carbonyl (C=O) groups is 2. The van der Waals surface area contributed by atoms with Crippen molar-refractivity contribution in [2.45, 2.75) is 25.4 Å². The molecule has 5 heteroatoms. The maximum atomic E-state index is 12.5. The van der Waals surface area contributed by atoms with Crippen LogP contribution in [0.4, 0.5) is 5.69 Å². The third-order valence-corrected chi connectivity index (χ3v) is 3.74. The Morgan fingerprint density at radius 3 is 2.67 bits per heavy atom. The Morgan fingerprint density at radius 1 is 1.24 bits per heavy atom. The van der Waals surface area contributed by atoms with Gasteiger partial charge in [0, 0.05) is 17.9 Å². The van der Waals surface area contributed by atoms with Crippen LogP contribution in [0.3, 0.4) is 0 Å². The van der Waals surface area contributed by atoms with Crippen LogP contribution in [0.25, 0.3) is 0 Å². The minimum atomic E-state index is -0.476. The number of nitrogens with zero attached hydrogens (tertiary/aromatic N) is 1. The molecule has 0 bridgehead atoms. The van der Waals surface area contributed by atoms with Gasteiger partial charge in [0.1, 0.15) is 11.7 Å². The number of rotatable bonds is 3. The number of aromatic nitrogens is 1. The van der Waals surface area contributed by atoms with E-state index in [1.54, 1.807) is 23.2 Å². The Balaban J connectivity index is 1.75. The molecule has 0 spiro atoms. The van der Waals surface area contributed by atoms with Gasteiger partial charge in [-0.25, -0.2) is 0 Å². The zero-order chi connectivity index (χ0) is 14.8. The lowest BCUT2D eigenvalue weighted by molar-refractivity contribution is -0.118. The van der Waals surface area contributed by atoms with Gasteiger partial charge in [-0.3, -0.25) is 9.59 Å². The van der Waals surface area contributed by atoms with E-state index in [9.17, 15) is 9.59 Å². The highest BCUT2D eigenvalue weighted by molar-refractivity contribution is 6.03. The zero-order valence-electron chi connectivity index (χ0n) is 11.7. The van der Waals surface area contributed by atoms with E-state index in [-0.39, 0.29) is 17.9 Å². The minimum Gasteiger partial charge on any atom is -0.357 e. The maximum Gasteiger partial charge on any atom is 0.268 e. The predicted octanol–water partition coefficient (Wildman–Crippen LogP) is 1.94. The molecule has 3 rings (SSSR count). The van der Waals surface area contributed by atoms with E-state index < -0.39 is 6.04 Å². The summed E-state index contributed by atoms with van der Waals surface area (Å²) in [5.41, 5.74) is 1.33. The number of anilines is 1. The summed E-state index contributed by atoms with van der Waals surface area (Å²) in [6.07, 6.45) is 2.30. The summed E-state index contributed by atoms with van der Waals surface area (Å²) < 4.78 is 0. The Hall–Kier alpha value is -2.56. The molecule has 2 aromatic rings. The monoisotopic (exact) mass is 283 g/mol. The van der Waals surface area contributed by atoms with Crippen LogP contribution in [0, 0.1) is 0 Å². The highest BCUT2D eigenvalue weighted by atomic mass is 16.2. The molecular weight excluding hydrogens is 266 g/mol. The first kappa shape index (κ1) is 13.4. The number of carbonyl (C=O) groups excluding carboxylic acids is 2. The van der Waals surface area contributed by atoms with Gasteiger partial charge in [0.25, 0.3) is 5.91 Å². The first-order valence-corrected chi connectivity index (χ1v) is 6.99. The number of H-pyrrole nitrogens is 1. The summed E-state index contributed by atoms with van der Waals surface area (Å²) in [4.78, 5) is 29.2. The van der Waals surface area contributed by atoms with Crippen molar-refractivity contribution < 1.29 is 9.59 Å². The first-order valence-electron chi connectivity index (χ1n) is 6.99. The van der Waals surface area contributed by atoms with Gasteiger partial charge in [-0.15, -0.1) is 0 Å². The fourth-order valence-corrected chi connectivity index (χ4v) is 2.73. The van der Waals surface area contributed by atoms with Crippen LogP contribution in [0.2, 0.25) is 0 Å². The first-order chi connectivity index (χ1) is 10.2. The van der Waals surface area contributed by atoms with Crippen LogP contribution >= 0.6 is 0 Å². The average molecular weight is 283 g/mol. The third kappa shape index (κ3) is 2.54. The highest BCUT2D eigenvalue weighted by Gasteiger charge is 2.38. The highest BCUT2D eigenvalue weighted by Crippen LogP contribution is 2.26. The molecule has 2 amide bonds. The summed E-state index contributed by atoms with van der Waals surface area (Å²) in [6.45, 7) is 1.99. The summed E-state index contributed by atoms with van der Waals surface area (Å²) in [7, 11) is 0. The second-order valence-corrected chi connectivity index (χ2v) is 5.24. The number of nitrogens with one attached hydrogen (secondary N) is 2. The van der Waals surface area contributed by atoms with Crippen LogP contribution < -0.4 is 10.2 Å². The molecule has 1 aliphatic heterocycles. The minimum absolute atomic E-state index is 0.0615.